The van der Waals surface area contributed by atoms with Crippen LogP contribution in [0, 0.1) is 5.82 Å². The van der Waals surface area contributed by atoms with Crippen LogP contribution in [-0.2, 0) is 11.2 Å². The van der Waals surface area contributed by atoms with E-state index in [1.807, 2.05) is 0 Å². The molecule has 0 saturated heterocycles. The summed E-state index contributed by atoms with van der Waals surface area (Å²) in [5.74, 6) is -0.293. The van der Waals surface area contributed by atoms with Crippen LogP contribution in [0.4, 0.5) is 4.39 Å². The van der Waals surface area contributed by atoms with Gasteiger partial charge in [0.25, 0.3) is 0 Å². The molecule has 0 aromatic heterocycles. The fourth-order valence-electron chi connectivity index (χ4n) is 1.67. The molecule has 0 amide bonds. The van der Waals surface area contributed by atoms with Crippen LogP contribution in [0.15, 0.2) is 18.2 Å². The third kappa shape index (κ3) is 4.10. The van der Waals surface area contributed by atoms with Gasteiger partial charge in [-0.2, -0.15) is 0 Å². The van der Waals surface area contributed by atoms with E-state index in [1.165, 1.54) is 25.0 Å². The number of carbonyl (C=O) groups excluding carboxylic acids is 1. The maximum absolute atomic E-state index is 12.9. The number of Topliss-reactive ketones (excluding diaryl/α,β-unsaturated/α-hetero) is 1. The average Bonchev–Trinajstić information content (AvgIpc) is 3.07. The van der Waals surface area contributed by atoms with E-state index in [4.69, 9.17) is 11.6 Å². The van der Waals surface area contributed by atoms with Crippen LogP contribution < -0.4 is 5.32 Å². The lowest BCUT2D eigenvalue weighted by Gasteiger charge is -2.03. The maximum Gasteiger partial charge on any atom is 0.141 e. The van der Waals surface area contributed by atoms with Crippen molar-refractivity contribution in [3.63, 3.8) is 0 Å². The normalized spacial score (nSPS) is 14.9. The Bertz CT molecular complexity index is 418. The van der Waals surface area contributed by atoms with Crippen molar-refractivity contribution in [2.45, 2.75) is 31.7 Å². The summed E-state index contributed by atoms with van der Waals surface area (Å²) >= 11 is 5.65. The van der Waals surface area contributed by atoms with Gasteiger partial charge in [0.2, 0.25) is 0 Å². The molecule has 0 spiro atoms. The molecule has 0 unspecified atom stereocenters. The molecular weight excluding hydrogens is 241 g/mol. The monoisotopic (exact) mass is 255 g/mol. The lowest BCUT2D eigenvalue weighted by atomic mass is 10.1. The minimum Gasteiger partial charge on any atom is -0.314 e. The highest BCUT2D eigenvalue weighted by Gasteiger charge is 2.20. The van der Waals surface area contributed by atoms with E-state index < -0.39 is 5.82 Å². The highest BCUT2D eigenvalue weighted by atomic mass is 35.5. The molecule has 92 valence electrons. The first kappa shape index (κ1) is 12.5. The van der Waals surface area contributed by atoms with E-state index in [1.54, 1.807) is 6.07 Å². The Balaban J connectivity index is 1.77. The van der Waals surface area contributed by atoms with Crippen LogP contribution in [0.5, 0.6) is 0 Å². The predicted octanol–water partition coefficient (Wildman–Crippen LogP) is 2.73. The lowest BCUT2D eigenvalue weighted by molar-refractivity contribution is -0.118. The molecule has 1 aliphatic rings. The zero-order valence-corrected chi connectivity index (χ0v) is 10.3. The number of ketones is 1. The number of rotatable bonds is 6. The van der Waals surface area contributed by atoms with E-state index >= 15 is 0 Å². The van der Waals surface area contributed by atoms with Crippen molar-refractivity contribution in [2.75, 3.05) is 6.54 Å². The van der Waals surface area contributed by atoms with Gasteiger partial charge in [-0.05, 0) is 30.5 Å². The fourth-order valence-corrected chi connectivity index (χ4v) is 1.87. The molecule has 0 bridgehead atoms. The Hall–Kier alpha value is -0.930. The Morgan fingerprint density at radius 1 is 1.47 bits per heavy atom. The molecule has 1 saturated carbocycles. The third-order valence-electron chi connectivity index (χ3n) is 2.80. The van der Waals surface area contributed by atoms with Gasteiger partial charge in [-0.3, -0.25) is 4.79 Å². The second-order valence-electron chi connectivity index (χ2n) is 4.44. The molecule has 4 heteroatoms. The quantitative estimate of drug-likeness (QED) is 0.847. The zero-order valence-electron chi connectivity index (χ0n) is 9.51. The average molecular weight is 256 g/mol. The second-order valence-corrected chi connectivity index (χ2v) is 4.85. The van der Waals surface area contributed by atoms with E-state index in [0.717, 1.165) is 12.1 Å². The van der Waals surface area contributed by atoms with E-state index in [9.17, 15) is 9.18 Å². The molecule has 1 fully saturated rings. The van der Waals surface area contributed by atoms with Crippen LogP contribution in [-0.4, -0.2) is 18.4 Å². The number of hydrogen-bond acceptors (Lipinski definition) is 2. The van der Waals surface area contributed by atoms with Gasteiger partial charge in [0.05, 0.1) is 5.02 Å². The molecule has 2 rings (SSSR count). The van der Waals surface area contributed by atoms with Crippen molar-refractivity contribution in [3.8, 4) is 0 Å². The largest absolute Gasteiger partial charge is 0.314 e. The molecule has 1 aromatic carbocycles. The summed E-state index contributed by atoms with van der Waals surface area (Å²) in [6, 6.07) is 5.05. The molecule has 1 aliphatic carbocycles. The molecule has 0 atom stereocenters. The van der Waals surface area contributed by atoms with Crippen LogP contribution in [0.1, 0.15) is 24.8 Å². The van der Waals surface area contributed by atoms with E-state index in [0.29, 0.717) is 18.9 Å². The van der Waals surface area contributed by atoms with Crippen LogP contribution >= 0.6 is 11.6 Å². The van der Waals surface area contributed by atoms with Gasteiger partial charge in [-0.1, -0.05) is 17.7 Å². The molecule has 2 nitrogen and oxygen atoms in total. The minimum atomic E-state index is -0.446. The molecule has 0 heterocycles. The smallest absolute Gasteiger partial charge is 0.141 e. The fraction of sp³-hybridized carbons (Fsp3) is 0.462. The maximum atomic E-state index is 12.9. The summed E-state index contributed by atoms with van der Waals surface area (Å²) in [6.45, 7) is 0.735. The van der Waals surface area contributed by atoms with Crippen molar-refractivity contribution >= 4 is 17.4 Å². The molecule has 17 heavy (non-hydrogen) atoms. The van der Waals surface area contributed by atoms with E-state index in [-0.39, 0.29) is 10.8 Å². The van der Waals surface area contributed by atoms with Crippen molar-refractivity contribution in [3.05, 3.63) is 34.6 Å². The molecule has 1 N–H and O–H groups in total. The van der Waals surface area contributed by atoms with Crippen LogP contribution in [0.3, 0.4) is 0 Å². The number of halogens is 2. The van der Waals surface area contributed by atoms with Gasteiger partial charge in [0, 0.05) is 25.4 Å². The molecule has 0 radical (unpaired) electrons. The van der Waals surface area contributed by atoms with Crippen molar-refractivity contribution in [2.24, 2.45) is 0 Å². The summed E-state index contributed by atoms with van der Waals surface area (Å²) in [6.07, 6.45) is 3.29. The first-order chi connectivity index (χ1) is 8.15. The van der Waals surface area contributed by atoms with Gasteiger partial charge in [0.15, 0.2) is 0 Å². The lowest BCUT2D eigenvalue weighted by Crippen LogP contribution is -2.20. The number of benzene rings is 1. The van der Waals surface area contributed by atoms with Gasteiger partial charge >= 0.3 is 0 Å². The van der Waals surface area contributed by atoms with Crippen molar-refractivity contribution < 1.29 is 9.18 Å². The topological polar surface area (TPSA) is 29.1 Å². The molecule has 1 aromatic rings. The summed E-state index contributed by atoms with van der Waals surface area (Å²) in [5.41, 5.74) is 0.771. The summed E-state index contributed by atoms with van der Waals surface area (Å²) < 4.78 is 12.9. The van der Waals surface area contributed by atoms with Gasteiger partial charge in [-0.25, -0.2) is 4.39 Å². The van der Waals surface area contributed by atoms with Gasteiger partial charge < -0.3 is 5.32 Å². The Kier molecular flexibility index (Phi) is 4.13. The minimum absolute atomic E-state index is 0.0754. The predicted molar refractivity (Wildman–Crippen MR) is 65.8 cm³/mol. The second kappa shape index (κ2) is 5.61. The number of carbonyl (C=O) groups is 1. The van der Waals surface area contributed by atoms with Crippen molar-refractivity contribution in [1.29, 1.82) is 0 Å². The molecule has 0 aliphatic heterocycles. The van der Waals surface area contributed by atoms with Crippen molar-refractivity contribution in [1.82, 2.24) is 5.32 Å². The first-order valence-electron chi connectivity index (χ1n) is 5.84. The summed E-state index contributed by atoms with van der Waals surface area (Å²) in [5, 5.41) is 3.36. The Labute approximate surface area is 105 Å². The van der Waals surface area contributed by atoms with Crippen LogP contribution in [0.2, 0.25) is 5.02 Å². The molecular formula is C13H15ClFNO. The van der Waals surface area contributed by atoms with E-state index in [2.05, 4.69) is 5.32 Å². The third-order valence-corrected chi connectivity index (χ3v) is 3.09. The Morgan fingerprint density at radius 2 is 2.24 bits per heavy atom. The standard InChI is InChI=1S/C13H15ClFNO/c14-12-8-9(1-4-13(12)15)7-11(17)5-6-16-10-2-3-10/h1,4,8,10,16H,2-3,5-7H2. The Morgan fingerprint density at radius 3 is 2.88 bits per heavy atom. The number of hydrogen-bond donors (Lipinski definition) is 1. The van der Waals surface area contributed by atoms with Gasteiger partial charge in [0.1, 0.15) is 11.6 Å². The SMILES string of the molecule is O=C(CCNC1CC1)Cc1ccc(F)c(Cl)c1. The first-order valence-corrected chi connectivity index (χ1v) is 6.22. The summed E-state index contributed by atoms with van der Waals surface area (Å²) in [7, 11) is 0. The van der Waals surface area contributed by atoms with Gasteiger partial charge in [-0.15, -0.1) is 0 Å². The van der Waals surface area contributed by atoms with Crippen LogP contribution in [0.25, 0.3) is 0 Å². The number of nitrogens with one attached hydrogen (secondary N) is 1. The highest BCUT2D eigenvalue weighted by molar-refractivity contribution is 6.30. The summed E-state index contributed by atoms with van der Waals surface area (Å²) in [4.78, 5) is 11.6. The zero-order chi connectivity index (χ0) is 12.3. The highest BCUT2D eigenvalue weighted by Crippen LogP contribution is 2.19.